The summed E-state index contributed by atoms with van der Waals surface area (Å²) >= 11 is 4.87. The van der Waals surface area contributed by atoms with E-state index in [-0.39, 0.29) is 5.96 Å². The molecular formula is CH5ClN4. The Morgan fingerprint density at radius 3 is 2.33 bits per heavy atom. The van der Waals surface area contributed by atoms with Gasteiger partial charge in [-0.05, 0) is 0 Å². The Morgan fingerprint density at radius 1 is 1.83 bits per heavy atom. The fraction of sp³-hybridized carbons (Fsp3) is 0. The van der Waals surface area contributed by atoms with Gasteiger partial charge in [-0.15, -0.1) is 5.10 Å². The lowest BCUT2D eigenvalue weighted by Gasteiger charge is -1.86. The van der Waals surface area contributed by atoms with Crippen molar-refractivity contribution in [3.63, 3.8) is 0 Å². The van der Waals surface area contributed by atoms with Gasteiger partial charge in [-0.25, -0.2) is 0 Å². The minimum absolute atomic E-state index is 0.0108. The van der Waals surface area contributed by atoms with Gasteiger partial charge in [0.25, 0.3) is 0 Å². The highest BCUT2D eigenvalue weighted by atomic mass is 35.5. The Kier molecular flexibility index (Phi) is 2.31. The molecule has 0 unspecified atom stereocenters. The monoisotopic (exact) mass is 108 g/mol. The van der Waals surface area contributed by atoms with E-state index in [1.54, 1.807) is 0 Å². The maximum atomic E-state index is 4.87. The smallest absolute Gasteiger partial charge is 0.225 e. The first kappa shape index (κ1) is 5.36. The second-order valence-electron chi connectivity index (χ2n) is 0.609. The molecule has 0 aromatic carbocycles. The number of halogens is 1. The van der Waals surface area contributed by atoms with Crippen molar-refractivity contribution >= 4 is 17.7 Å². The lowest BCUT2D eigenvalue weighted by Crippen LogP contribution is -2.24. The number of rotatable bonds is 0. The number of hydrazone groups is 1. The number of nitrogens with one attached hydrogen (secondary N) is 1. The molecule has 0 rings (SSSR count). The van der Waals surface area contributed by atoms with Crippen LogP contribution < -0.4 is 16.4 Å². The van der Waals surface area contributed by atoms with Gasteiger partial charge in [0.05, 0.1) is 0 Å². The maximum absolute atomic E-state index is 4.87. The van der Waals surface area contributed by atoms with Crippen molar-refractivity contribution in [2.45, 2.75) is 0 Å². The van der Waals surface area contributed by atoms with Crippen molar-refractivity contribution in [1.82, 2.24) is 4.84 Å². The summed E-state index contributed by atoms with van der Waals surface area (Å²) in [5, 5.41) is 2.96. The summed E-state index contributed by atoms with van der Waals surface area (Å²) in [5.74, 6) is 4.61. The molecule has 6 heavy (non-hydrogen) atoms. The predicted octanol–water partition coefficient (Wildman–Crippen LogP) is -1.08. The summed E-state index contributed by atoms with van der Waals surface area (Å²) in [6.07, 6.45) is 0. The van der Waals surface area contributed by atoms with Crippen molar-refractivity contribution in [3.05, 3.63) is 0 Å². The van der Waals surface area contributed by atoms with Crippen LogP contribution >= 0.6 is 11.8 Å². The molecule has 5 heteroatoms. The summed E-state index contributed by atoms with van der Waals surface area (Å²) in [6.45, 7) is 0. The fourth-order valence-corrected chi connectivity index (χ4v) is 0.0732. The summed E-state index contributed by atoms with van der Waals surface area (Å²) in [5.41, 5.74) is 4.85. The SMILES string of the molecule is NN=C(N)NCl. The third kappa shape index (κ3) is 1.66. The number of guanidine groups is 1. The Hall–Kier alpha value is -0.640. The number of nitrogens with zero attached hydrogens (tertiary/aromatic N) is 1. The molecule has 0 radical (unpaired) electrons. The van der Waals surface area contributed by atoms with Crippen LogP contribution in [0.25, 0.3) is 0 Å². The summed E-state index contributed by atoms with van der Waals surface area (Å²) in [4.78, 5) is 1.99. The van der Waals surface area contributed by atoms with Crippen LogP contribution in [0.3, 0.4) is 0 Å². The lowest BCUT2D eigenvalue weighted by atomic mass is 11.1. The van der Waals surface area contributed by atoms with Crippen molar-refractivity contribution in [1.29, 1.82) is 0 Å². The van der Waals surface area contributed by atoms with E-state index in [0.717, 1.165) is 0 Å². The topological polar surface area (TPSA) is 76.4 Å². The van der Waals surface area contributed by atoms with Gasteiger partial charge in [-0.1, -0.05) is 0 Å². The third-order valence-electron chi connectivity index (χ3n) is 0.236. The van der Waals surface area contributed by atoms with Crippen LogP contribution in [0, 0.1) is 0 Å². The first-order valence-electron chi connectivity index (χ1n) is 1.21. The van der Waals surface area contributed by atoms with Crippen molar-refractivity contribution in [3.8, 4) is 0 Å². The normalized spacial score (nSPS) is 11.2. The van der Waals surface area contributed by atoms with Crippen LogP contribution in [0.15, 0.2) is 5.10 Å². The molecule has 0 aliphatic rings. The van der Waals surface area contributed by atoms with Crippen LogP contribution in [0.1, 0.15) is 0 Å². The molecule has 0 bridgehead atoms. The number of nitrogens with two attached hydrogens (primary N) is 2. The van der Waals surface area contributed by atoms with Gasteiger partial charge in [-0.3, -0.25) is 4.84 Å². The van der Waals surface area contributed by atoms with Gasteiger partial charge < -0.3 is 11.6 Å². The zero-order chi connectivity index (χ0) is 4.99. The van der Waals surface area contributed by atoms with Crippen molar-refractivity contribution < 1.29 is 0 Å². The molecule has 0 aromatic heterocycles. The van der Waals surface area contributed by atoms with Crippen molar-refractivity contribution in [2.24, 2.45) is 16.7 Å². The molecule has 0 saturated carbocycles. The van der Waals surface area contributed by atoms with Crippen LogP contribution in [0.4, 0.5) is 0 Å². The molecule has 0 amide bonds. The van der Waals surface area contributed by atoms with Crippen LogP contribution in [-0.2, 0) is 0 Å². The molecule has 0 fully saturated rings. The summed E-state index contributed by atoms with van der Waals surface area (Å²) < 4.78 is 0. The molecule has 0 aliphatic carbocycles. The molecule has 0 heterocycles. The molecule has 0 aromatic rings. The van der Waals surface area contributed by atoms with Crippen LogP contribution in [-0.4, -0.2) is 5.96 Å². The van der Waals surface area contributed by atoms with E-state index in [4.69, 9.17) is 17.5 Å². The molecule has 5 N–H and O–H groups in total. The summed E-state index contributed by atoms with van der Waals surface area (Å²) in [6, 6.07) is 0. The zero-order valence-corrected chi connectivity index (χ0v) is 3.74. The second kappa shape index (κ2) is 2.59. The van der Waals surface area contributed by atoms with E-state index in [2.05, 4.69) is 10.9 Å². The predicted molar refractivity (Wildman–Crippen MR) is 24.8 cm³/mol. The van der Waals surface area contributed by atoms with Gasteiger partial charge in [0.1, 0.15) is 0 Å². The second-order valence-corrected chi connectivity index (χ2v) is 0.798. The maximum Gasteiger partial charge on any atom is 0.225 e. The van der Waals surface area contributed by atoms with Gasteiger partial charge in [0, 0.05) is 11.8 Å². The van der Waals surface area contributed by atoms with Gasteiger partial charge in [0.15, 0.2) is 0 Å². The molecule has 4 nitrogen and oxygen atoms in total. The first-order chi connectivity index (χ1) is 2.81. The van der Waals surface area contributed by atoms with Crippen LogP contribution in [0.2, 0.25) is 0 Å². The molecule has 0 spiro atoms. The first-order valence-corrected chi connectivity index (χ1v) is 1.59. The third-order valence-corrected chi connectivity index (χ3v) is 0.430. The molecule has 0 atom stereocenters. The number of hydrogen-bond acceptors (Lipinski definition) is 2. The Bertz CT molecular complexity index is 58.6. The number of hydrogen-bond donors (Lipinski definition) is 3. The Labute approximate surface area is 40.2 Å². The minimum atomic E-state index is 0.0108. The molecule has 36 valence electrons. The quantitative estimate of drug-likeness (QED) is 0.121. The van der Waals surface area contributed by atoms with Gasteiger partial charge in [-0.2, -0.15) is 0 Å². The summed E-state index contributed by atoms with van der Waals surface area (Å²) in [7, 11) is 0. The lowest BCUT2D eigenvalue weighted by molar-refractivity contribution is 1.19. The van der Waals surface area contributed by atoms with Gasteiger partial charge >= 0.3 is 0 Å². The molecule has 0 aliphatic heterocycles. The van der Waals surface area contributed by atoms with E-state index >= 15 is 0 Å². The Balaban J connectivity index is 3.22. The highest BCUT2D eigenvalue weighted by Crippen LogP contribution is 1.55. The van der Waals surface area contributed by atoms with E-state index < -0.39 is 0 Å². The zero-order valence-electron chi connectivity index (χ0n) is 2.98. The minimum Gasteiger partial charge on any atom is -0.367 e. The van der Waals surface area contributed by atoms with E-state index in [9.17, 15) is 0 Å². The van der Waals surface area contributed by atoms with Crippen molar-refractivity contribution in [2.75, 3.05) is 0 Å². The fourth-order valence-electron chi connectivity index (χ4n) is 0.0244. The largest absolute Gasteiger partial charge is 0.367 e. The molecular weight excluding hydrogens is 103 g/mol. The average Bonchev–Trinajstić information content (AvgIpc) is 1.65. The van der Waals surface area contributed by atoms with Crippen LogP contribution in [0.5, 0.6) is 0 Å². The van der Waals surface area contributed by atoms with Gasteiger partial charge in [0.2, 0.25) is 5.96 Å². The highest BCUT2D eigenvalue weighted by molar-refractivity contribution is 6.21. The standard InChI is InChI=1S/CH5ClN4/c2-5-1(3)6-4/h4H2,(H3,3,5,6). The Morgan fingerprint density at radius 2 is 2.33 bits per heavy atom. The van der Waals surface area contributed by atoms with E-state index in [1.807, 2.05) is 4.84 Å². The molecule has 0 saturated heterocycles. The average molecular weight is 109 g/mol. The van der Waals surface area contributed by atoms with E-state index in [1.165, 1.54) is 0 Å². The highest BCUT2D eigenvalue weighted by Gasteiger charge is 1.75. The van der Waals surface area contributed by atoms with E-state index in [0.29, 0.717) is 0 Å².